The van der Waals surface area contributed by atoms with Crippen molar-refractivity contribution in [3.05, 3.63) is 65.1 Å². The molecule has 1 heterocycles. The summed E-state index contributed by atoms with van der Waals surface area (Å²) >= 11 is 3.45. The van der Waals surface area contributed by atoms with Gasteiger partial charge in [0.25, 0.3) is 0 Å². The molecule has 0 aliphatic carbocycles. The van der Waals surface area contributed by atoms with Crippen LogP contribution >= 0.6 is 15.9 Å². The molecule has 19 heavy (non-hydrogen) atoms. The zero-order valence-corrected chi connectivity index (χ0v) is 12.6. The van der Waals surface area contributed by atoms with Crippen molar-refractivity contribution >= 4 is 21.5 Å². The van der Waals surface area contributed by atoms with Gasteiger partial charge in [-0.2, -0.15) is 0 Å². The number of hydrogen-bond acceptors (Lipinski definition) is 2. The van der Waals surface area contributed by atoms with Crippen molar-refractivity contribution in [2.45, 2.75) is 13.8 Å². The Morgan fingerprint density at radius 3 is 2.58 bits per heavy atom. The van der Waals surface area contributed by atoms with Gasteiger partial charge in [0, 0.05) is 5.56 Å². The van der Waals surface area contributed by atoms with Crippen molar-refractivity contribution in [3.8, 4) is 11.3 Å². The minimum Gasteiger partial charge on any atom is -0.228 e. The SMILES string of the molecule is C/C=C\C=C(/C)c1nc(Br)cc(-c2ccccc2)n1. The lowest BCUT2D eigenvalue weighted by Crippen LogP contribution is -1.95. The highest BCUT2D eigenvalue weighted by Gasteiger charge is 2.06. The Balaban J connectivity index is 2.46. The first kappa shape index (κ1) is 13.7. The van der Waals surface area contributed by atoms with Crippen LogP contribution in [0.25, 0.3) is 16.8 Å². The standard InChI is InChI=1S/C16H15BrN2/c1-3-4-8-12(2)16-18-14(11-15(17)19-16)13-9-6-5-7-10-13/h3-11H,1-2H3/b4-3-,12-8+. The second-order valence-electron chi connectivity index (χ2n) is 4.14. The van der Waals surface area contributed by atoms with Gasteiger partial charge in [-0.3, -0.25) is 0 Å². The maximum atomic E-state index is 4.61. The highest BCUT2D eigenvalue weighted by atomic mass is 79.9. The predicted octanol–water partition coefficient (Wildman–Crippen LogP) is 4.89. The van der Waals surface area contributed by atoms with Crippen LogP contribution in [-0.2, 0) is 0 Å². The van der Waals surface area contributed by atoms with Gasteiger partial charge in [0.05, 0.1) is 5.69 Å². The summed E-state index contributed by atoms with van der Waals surface area (Å²) in [5.74, 6) is 0.742. The molecule has 0 saturated heterocycles. The average Bonchev–Trinajstić information content (AvgIpc) is 2.45. The lowest BCUT2D eigenvalue weighted by atomic mass is 10.1. The molecule has 0 fully saturated rings. The van der Waals surface area contributed by atoms with Crippen molar-refractivity contribution in [2.75, 3.05) is 0 Å². The van der Waals surface area contributed by atoms with Crippen LogP contribution in [-0.4, -0.2) is 9.97 Å². The van der Waals surface area contributed by atoms with Gasteiger partial charge in [-0.25, -0.2) is 9.97 Å². The Kier molecular flexibility index (Phi) is 4.63. The van der Waals surface area contributed by atoms with Gasteiger partial charge in [0.1, 0.15) is 4.60 Å². The van der Waals surface area contributed by atoms with Gasteiger partial charge in [-0.05, 0) is 41.4 Å². The van der Waals surface area contributed by atoms with E-state index < -0.39 is 0 Å². The number of hydrogen-bond donors (Lipinski definition) is 0. The van der Waals surface area contributed by atoms with E-state index in [-0.39, 0.29) is 0 Å². The Morgan fingerprint density at radius 1 is 1.16 bits per heavy atom. The highest BCUT2D eigenvalue weighted by molar-refractivity contribution is 9.10. The minimum absolute atomic E-state index is 0.742. The van der Waals surface area contributed by atoms with Crippen molar-refractivity contribution in [1.82, 2.24) is 9.97 Å². The summed E-state index contributed by atoms with van der Waals surface area (Å²) in [5, 5.41) is 0. The van der Waals surface area contributed by atoms with Gasteiger partial charge < -0.3 is 0 Å². The highest BCUT2D eigenvalue weighted by Crippen LogP contribution is 2.22. The van der Waals surface area contributed by atoms with Crippen LogP contribution in [0.15, 0.2) is 59.2 Å². The van der Waals surface area contributed by atoms with Crippen LogP contribution in [0.4, 0.5) is 0 Å². The van der Waals surface area contributed by atoms with Crippen molar-refractivity contribution < 1.29 is 0 Å². The van der Waals surface area contributed by atoms with E-state index in [1.165, 1.54) is 0 Å². The van der Waals surface area contributed by atoms with E-state index in [2.05, 4.69) is 25.9 Å². The zero-order valence-electron chi connectivity index (χ0n) is 11.0. The van der Waals surface area contributed by atoms with Gasteiger partial charge in [0.2, 0.25) is 0 Å². The quantitative estimate of drug-likeness (QED) is 0.595. The molecule has 3 heteroatoms. The van der Waals surface area contributed by atoms with Crippen LogP contribution in [0, 0.1) is 0 Å². The molecule has 2 nitrogen and oxygen atoms in total. The molecule has 0 saturated carbocycles. The minimum atomic E-state index is 0.742. The third-order valence-corrected chi connectivity index (χ3v) is 3.06. The zero-order chi connectivity index (χ0) is 13.7. The fraction of sp³-hybridized carbons (Fsp3) is 0.125. The summed E-state index contributed by atoms with van der Waals surface area (Å²) in [6, 6.07) is 12.0. The Hall–Kier alpha value is -1.74. The number of benzene rings is 1. The van der Waals surface area contributed by atoms with E-state index in [0.717, 1.165) is 27.3 Å². The summed E-state index contributed by atoms with van der Waals surface area (Å²) < 4.78 is 0.796. The second-order valence-corrected chi connectivity index (χ2v) is 4.95. The molecular weight excluding hydrogens is 300 g/mol. The molecule has 0 radical (unpaired) electrons. The third-order valence-electron chi connectivity index (χ3n) is 2.66. The number of allylic oxidation sites excluding steroid dienone is 4. The third kappa shape index (κ3) is 3.61. The summed E-state index contributed by atoms with van der Waals surface area (Å²) in [5.41, 5.74) is 3.05. The molecule has 0 bridgehead atoms. The Morgan fingerprint density at radius 2 is 1.89 bits per heavy atom. The predicted molar refractivity (Wildman–Crippen MR) is 83.6 cm³/mol. The molecule has 0 amide bonds. The van der Waals surface area contributed by atoms with E-state index in [9.17, 15) is 0 Å². The van der Waals surface area contributed by atoms with Crippen LogP contribution in [0.3, 0.4) is 0 Å². The fourth-order valence-corrected chi connectivity index (χ4v) is 2.05. The topological polar surface area (TPSA) is 25.8 Å². The van der Waals surface area contributed by atoms with Crippen molar-refractivity contribution in [3.63, 3.8) is 0 Å². The van der Waals surface area contributed by atoms with Crippen molar-refractivity contribution in [2.24, 2.45) is 0 Å². The van der Waals surface area contributed by atoms with E-state index >= 15 is 0 Å². The lowest BCUT2D eigenvalue weighted by Gasteiger charge is -2.05. The molecule has 0 unspecified atom stereocenters. The van der Waals surface area contributed by atoms with Gasteiger partial charge in [0.15, 0.2) is 5.82 Å². The maximum Gasteiger partial charge on any atom is 0.156 e. The number of aromatic nitrogens is 2. The van der Waals surface area contributed by atoms with Crippen LogP contribution < -0.4 is 0 Å². The molecule has 0 N–H and O–H groups in total. The van der Waals surface area contributed by atoms with Gasteiger partial charge >= 0.3 is 0 Å². The van der Waals surface area contributed by atoms with Gasteiger partial charge in [-0.15, -0.1) is 0 Å². The first-order valence-electron chi connectivity index (χ1n) is 6.10. The first-order valence-corrected chi connectivity index (χ1v) is 6.90. The summed E-state index contributed by atoms with van der Waals surface area (Å²) in [7, 11) is 0. The van der Waals surface area contributed by atoms with E-state index in [1.54, 1.807) is 0 Å². The molecule has 2 rings (SSSR count). The molecular formula is C16H15BrN2. The van der Waals surface area contributed by atoms with E-state index in [1.807, 2.05) is 68.5 Å². The summed E-state index contributed by atoms with van der Waals surface area (Å²) in [6.45, 7) is 4.00. The average molecular weight is 315 g/mol. The summed E-state index contributed by atoms with van der Waals surface area (Å²) in [6.07, 6.45) is 5.98. The van der Waals surface area contributed by atoms with E-state index in [4.69, 9.17) is 0 Å². The molecule has 2 aromatic rings. The summed E-state index contributed by atoms with van der Waals surface area (Å²) in [4.78, 5) is 9.03. The number of nitrogens with zero attached hydrogens (tertiary/aromatic N) is 2. The van der Waals surface area contributed by atoms with E-state index in [0.29, 0.717) is 0 Å². The molecule has 1 aromatic heterocycles. The smallest absolute Gasteiger partial charge is 0.156 e. The molecule has 1 aromatic carbocycles. The molecule has 96 valence electrons. The van der Waals surface area contributed by atoms with Gasteiger partial charge in [-0.1, -0.05) is 48.6 Å². The fourth-order valence-electron chi connectivity index (χ4n) is 1.67. The Labute approximate surface area is 122 Å². The molecule has 0 spiro atoms. The molecule has 0 aliphatic rings. The molecule has 0 aliphatic heterocycles. The van der Waals surface area contributed by atoms with Crippen LogP contribution in [0.2, 0.25) is 0 Å². The van der Waals surface area contributed by atoms with Crippen LogP contribution in [0.1, 0.15) is 19.7 Å². The monoisotopic (exact) mass is 314 g/mol. The normalized spacial score (nSPS) is 12.1. The molecule has 0 atom stereocenters. The lowest BCUT2D eigenvalue weighted by molar-refractivity contribution is 1.09. The number of rotatable bonds is 3. The van der Waals surface area contributed by atoms with Crippen LogP contribution in [0.5, 0.6) is 0 Å². The first-order chi connectivity index (χ1) is 9.20. The Bertz CT molecular complexity index is 616. The largest absolute Gasteiger partial charge is 0.228 e. The number of halogens is 1. The van der Waals surface area contributed by atoms with Crippen molar-refractivity contribution in [1.29, 1.82) is 0 Å². The second kappa shape index (κ2) is 6.43. The maximum absolute atomic E-state index is 4.61.